The molecule has 1 aromatic rings. The third-order valence-electron chi connectivity index (χ3n) is 2.65. The topological polar surface area (TPSA) is 26.3 Å². The molecule has 0 aliphatic heterocycles. The molecule has 1 aromatic carbocycles. The van der Waals surface area contributed by atoms with Gasteiger partial charge < -0.3 is 4.74 Å². The fourth-order valence-electron chi connectivity index (χ4n) is 1.66. The van der Waals surface area contributed by atoms with Crippen molar-refractivity contribution in [1.29, 1.82) is 0 Å². The van der Waals surface area contributed by atoms with Crippen LogP contribution in [0.3, 0.4) is 0 Å². The lowest BCUT2D eigenvalue weighted by Gasteiger charge is -2.07. The Labute approximate surface area is 83.9 Å². The fraction of sp³-hybridized carbons (Fsp3) is 0.417. The third kappa shape index (κ3) is 1.95. The SMILES string of the molecule is COc1ccc(C=O)cc1CC1CC1. The van der Waals surface area contributed by atoms with Gasteiger partial charge in [-0.05, 0) is 48.9 Å². The lowest BCUT2D eigenvalue weighted by Crippen LogP contribution is -1.95. The maximum absolute atomic E-state index is 10.6. The van der Waals surface area contributed by atoms with Crippen LogP contribution in [-0.2, 0) is 6.42 Å². The monoisotopic (exact) mass is 190 g/mol. The second-order valence-electron chi connectivity index (χ2n) is 3.84. The quantitative estimate of drug-likeness (QED) is 0.682. The zero-order chi connectivity index (χ0) is 9.97. The van der Waals surface area contributed by atoms with Crippen LogP contribution in [0.25, 0.3) is 0 Å². The molecular weight excluding hydrogens is 176 g/mol. The number of hydrogen-bond donors (Lipinski definition) is 0. The second kappa shape index (κ2) is 3.82. The molecule has 0 spiro atoms. The van der Waals surface area contributed by atoms with Crippen molar-refractivity contribution in [2.75, 3.05) is 7.11 Å². The predicted octanol–water partition coefficient (Wildman–Crippen LogP) is 2.46. The number of methoxy groups -OCH3 is 1. The number of benzene rings is 1. The average Bonchev–Trinajstić information content (AvgIpc) is 3.01. The van der Waals surface area contributed by atoms with Crippen molar-refractivity contribution in [2.24, 2.45) is 5.92 Å². The molecule has 0 atom stereocenters. The number of aldehydes is 1. The molecule has 2 rings (SSSR count). The Kier molecular flexibility index (Phi) is 2.53. The summed E-state index contributed by atoms with van der Waals surface area (Å²) in [6.07, 6.45) is 4.56. The standard InChI is InChI=1S/C12H14O2/c1-14-12-5-4-10(8-13)7-11(12)6-9-2-3-9/h4-5,7-9H,2-3,6H2,1H3. The smallest absolute Gasteiger partial charge is 0.150 e. The number of carbonyl (C=O) groups is 1. The molecule has 1 fully saturated rings. The Morgan fingerprint density at radius 2 is 2.29 bits per heavy atom. The molecule has 0 aromatic heterocycles. The van der Waals surface area contributed by atoms with Gasteiger partial charge in [-0.1, -0.05) is 0 Å². The van der Waals surface area contributed by atoms with Gasteiger partial charge in [-0.25, -0.2) is 0 Å². The summed E-state index contributed by atoms with van der Waals surface area (Å²) >= 11 is 0. The second-order valence-corrected chi connectivity index (χ2v) is 3.84. The Morgan fingerprint density at radius 3 is 2.86 bits per heavy atom. The highest BCUT2D eigenvalue weighted by Crippen LogP contribution is 2.35. The van der Waals surface area contributed by atoms with Crippen LogP contribution in [0, 0.1) is 5.92 Å². The lowest BCUT2D eigenvalue weighted by molar-refractivity contribution is 0.112. The zero-order valence-corrected chi connectivity index (χ0v) is 8.32. The molecule has 0 radical (unpaired) electrons. The van der Waals surface area contributed by atoms with Gasteiger partial charge in [-0.15, -0.1) is 0 Å². The van der Waals surface area contributed by atoms with Crippen molar-refractivity contribution >= 4 is 6.29 Å². The van der Waals surface area contributed by atoms with Crippen LogP contribution in [0.2, 0.25) is 0 Å². The molecule has 1 aliphatic carbocycles. The Bertz CT molecular complexity index is 340. The van der Waals surface area contributed by atoms with Crippen molar-refractivity contribution in [1.82, 2.24) is 0 Å². The summed E-state index contributed by atoms with van der Waals surface area (Å²) in [6, 6.07) is 5.60. The van der Waals surface area contributed by atoms with Crippen LogP contribution in [0.15, 0.2) is 18.2 Å². The maximum Gasteiger partial charge on any atom is 0.150 e. The van der Waals surface area contributed by atoms with Gasteiger partial charge in [0.2, 0.25) is 0 Å². The van der Waals surface area contributed by atoms with Gasteiger partial charge in [-0.2, -0.15) is 0 Å². The molecule has 14 heavy (non-hydrogen) atoms. The molecule has 74 valence electrons. The first-order valence-electron chi connectivity index (χ1n) is 4.95. The molecule has 0 bridgehead atoms. The van der Waals surface area contributed by atoms with Crippen LogP contribution in [0.5, 0.6) is 5.75 Å². The highest BCUT2D eigenvalue weighted by molar-refractivity contribution is 5.75. The Morgan fingerprint density at radius 1 is 1.50 bits per heavy atom. The first-order valence-corrected chi connectivity index (χ1v) is 4.95. The summed E-state index contributed by atoms with van der Waals surface area (Å²) in [7, 11) is 1.67. The van der Waals surface area contributed by atoms with E-state index >= 15 is 0 Å². The maximum atomic E-state index is 10.6. The van der Waals surface area contributed by atoms with E-state index in [4.69, 9.17) is 4.74 Å². The van der Waals surface area contributed by atoms with Gasteiger partial charge in [0, 0.05) is 5.56 Å². The van der Waals surface area contributed by atoms with Crippen molar-refractivity contribution in [3.05, 3.63) is 29.3 Å². The summed E-state index contributed by atoms with van der Waals surface area (Å²) < 4.78 is 5.26. The first-order chi connectivity index (χ1) is 6.83. The minimum atomic E-state index is 0.737. The Balaban J connectivity index is 2.26. The molecule has 2 heteroatoms. The van der Waals surface area contributed by atoms with E-state index in [0.29, 0.717) is 0 Å². The molecule has 0 N–H and O–H groups in total. The summed E-state index contributed by atoms with van der Waals surface area (Å²) in [5, 5.41) is 0. The number of hydrogen-bond acceptors (Lipinski definition) is 2. The molecule has 0 saturated heterocycles. The molecule has 0 heterocycles. The van der Waals surface area contributed by atoms with Crippen LogP contribution in [0.4, 0.5) is 0 Å². The summed E-state index contributed by atoms with van der Waals surface area (Å²) in [5.41, 5.74) is 1.90. The Hall–Kier alpha value is -1.31. The number of carbonyl (C=O) groups excluding carboxylic acids is 1. The normalized spacial score (nSPS) is 15.2. The number of rotatable bonds is 4. The van der Waals surface area contributed by atoms with E-state index in [0.717, 1.165) is 29.9 Å². The van der Waals surface area contributed by atoms with E-state index in [1.807, 2.05) is 12.1 Å². The van der Waals surface area contributed by atoms with Gasteiger partial charge in [0.05, 0.1) is 7.11 Å². The van der Waals surface area contributed by atoms with Crippen LogP contribution >= 0.6 is 0 Å². The fourth-order valence-corrected chi connectivity index (χ4v) is 1.66. The van der Waals surface area contributed by atoms with Gasteiger partial charge in [0.15, 0.2) is 0 Å². The molecule has 2 nitrogen and oxygen atoms in total. The largest absolute Gasteiger partial charge is 0.496 e. The van der Waals surface area contributed by atoms with E-state index < -0.39 is 0 Å². The minimum absolute atomic E-state index is 0.737. The average molecular weight is 190 g/mol. The summed E-state index contributed by atoms with van der Waals surface area (Å²) in [6.45, 7) is 0. The van der Waals surface area contributed by atoms with E-state index in [2.05, 4.69) is 0 Å². The van der Waals surface area contributed by atoms with Gasteiger partial charge >= 0.3 is 0 Å². The van der Waals surface area contributed by atoms with Crippen molar-refractivity contribution in [3.8, 4) is 5.75 Å². The van der Waals surface area contributed by atoms with Gasteiger partial charge in [-0.3, -0.25) is 4.79 Å². The van der Waals surface area contributed by atoms with Crippen molar-refractivity contribution < 1.29 is 9.53 Å². The summed E-state index contributed by atoms with van der Waals surface area (Å²) in [4.78, 5) is 10.6. The van der Waals surface area contributed by atoms with Gasteiger partial charge in [0.25, 0.3) is 0 Å². The van der Waals surface area contributed by atoms with Crippen LogP contribution < -0.4 is 4.74 Å². The zero-order valence-electron chi connectivity index (χ0n) is 8.32. The molecule has 0 unspecified atom stereocenters. The molecule has 0 amide bonds. The van der Waals surface area contributed by atoms with Gasteiger partial charge in [0.1, 0.15) is 12.0 Å². The van der Waals surface area contributed by atoms with E-state index in [1.54, 1.807) is 13.2 Å². The highest BCUT2D eigenvalue weighted by Gasteiger charge is 2.23. The predicted molar refractivity (Wildman–Crippen MR) is 54.8 cm³/mol. The van der Waals surface area contributed by atoms with E-state index in [1.165, 1.54) is 18.4 Å². The highest BCUT2D eigenvalue weighted by atomic mass is 16.5. The lowest BCUT2D eigenvalue weighted by atomic mass is 10.0. The van der Waals surface area contributed by atoms with Crippen molar-refractivity contribution in [3.63, 3.8) is 0 Å². The first kappa shape index (κ1) is 9.25. The molecular formula is C12H14O2. The molecule has 1 saturated carbocycles. The third-order valence-corrected chi connectivity index (χ3v) is 2.65. The van der Waals surface area contributed by atoms with Crippen molar-refractivity contribution in [2.45, 2.75) is 19.3 Å². The summed E-state index contributed by atoms with van der Waals surface area (Å²) in [5.74, 6) is 1.72. The van der Waals surface area contributed by atoms with Crippen LogP contribution in [0.1, 0.15) is 28.8 Å². The molecule has 1 aliphatic rings. The van der Waals surface area contributed by atoms with E-state index in [9.17, 15) is 4.79 Å². The minimum Gasteiger partial charge on any atom is -0.496 e. The van der Waals surface area contributed by atoms with E-state index in [-0.39, 0.29) is 0 Å². The van der Waals surface area contributed by atoms with Crippen LogP contribution in [-0.4, -0.2) is 13.4 Å². The number of ether oxygens (including phenoxy) is 1.